The van der Waals surface area contributed by atoms with Gasteiger partial charge in [-0.05, 0) is 46.5 Å². The van der Waals surface area contributed by atoms with Gasteiger partial charge in [-0.15, -0.1) is 11.8 Å². The number of nitrogens with zero attached hydrogens (tertiary/aromatic N) is 2. The minimum Gasteiger partial charge on any atom is -0.478 e. The van der Waals surface area contributed by atoms with Crippen molar-refractivity contribution in [3.8, 4) is 0 Å². The molecule has 6 aromatic rings. The molecule has 12 heteroatoms. The molecule has 7 rings (SSSR count). The molecule has 1 fully saturated rings. The van der Waals surface area contributed by atoms with Crippen molar-refractivity contribution in [3.05, 3.63) is 167 Å². The maximum Gasteiger partial charge on any atom is 0.338 e. The second-order valence-electron chi connectivity index (χ2n) is 12.3. The van der Waals surface area contributed by atoms with Crippen LogP contribution in [-0.4, -0.2) is 46.4 Å². The molecule has 0 spiro atoms. The fourth-order valence-corrected chi connectivity index (χ4v) is 8.57. The van der Waals surface area contributed by atoms with Gasteiger partial charge in [0.25, 0.3) is 0 Å². The number of para-hydroxylation sites is 1. The molecule has 3 heterocycles. The zero-order chi connectivity index (χ0) is 36.1. The van der Waals surface area contributed by atoms with Crippen LogP contribution in [0.15, 0.2) is 144 Å². The van der Waals surface area contributed by atoms with E-state index in [0.717, 1.165) is 33.2 Å². The molecular weight excluding hydrogens is 699 g/mol. The molecule has 4 atom stereocenters. The van der Waals surface area contributed by atoms with E-state index in [4.69, 9.17) is 9.47 Å². The number of nitrogens with one attached hydrogen (secondary N) is 1. The number of carboxylic acids is 1. The zero-order valence-corrected chi connectivity index (χ0v) is 29.4. The smallest absolute Gasteiger partial charge is 0.338 e. The van der Waals surface area contributed by atoms with Crippen molar-refractivity contribution in [1.29, 1.82) is 0 Å². The summed E-state index contributed by atoms with van der Waals surface area (Å²) in [6, 6.07) is 36.7. The summed E-state index contributed by atoms with van der Waals surface area (Å²) < 4.78 is 42.8. The number of aromatic nitrogens is 2. The number of fused-ring (bicyclic) bond motifs is 1. The third-order valence-electron chi connectivity index (χ3n) is 8.96. The Hall–Kier alpha value is -4.95. The quantitative estimate of drug-likeness (QED) is 0.112. The molecule has 2 aromatic heterocycles. The molecule has 0 radical (unpaired) electrons. The van der Waals surface area contributed by atoms with E-state index in [1.165, 1.54) is 17.8 Å². The number of benzene rings is 4. The van der Waals surface area contributed by atoms with Gasteiger partial charge in [0.1, 0.15) is 9.92 Å². The predicted molar refractivity (Wildman–Crippen MR) is 197 cm³/mol. The summed E-state index contributed by atoms with van der Waals surface area (Å²) >= 11 is 1.32. The van der Waals surface area contributed by atoms with E-state index < -0.39 is 34.5 Å². The van der Waals surface area contributed by atoms with Crippen LogP contribution in [0, 0.1) is 0 Å². The van der Waals surface area contributed by atoms with E-state index in [9.17, 15) is 23.4 Å². The van der Waals surface area contributed by atoms with Gasteiger partial charge in [-0.1, -0.05) is 97.1 Å². The number of thioether (sulfide) groups is 1. The summed E-state index contributed by atoms with van der Waals surface area (Å²) in [5.74, 6) is -0.955. The number of ether oxygens (including phenoxy) is 2. The summed E-state index contributed by atoms with van der Waals surface area (Å²) in [6.45, 7) is -0.0282. The number of aliphatic hydroxyl groups is 1. The Morgan fingerprint density at radius 2 is 1.44 bits per heavy atom. The molecule has 4 unspecified atom stereocenters. The molecule has 0 aliphatic carbocycles. The maximum absolute atomic E-state index is 13.3. The van der Waals surface area contributed by atoms with Crippen LogP contribution in [0.1, 0.15) is 56.5 Å². The Morgan fingerprint density at radius 3 is 2.19 bits per heavy atom. The van der Waals surface area contributed by atoms with Gasteiger partial charge in [-0.25, -0.2) is 22.9 Å². The van der Waals surface area contributed by atoms with Crippen LogP contribution in [0.5, 0.6) is 0 Å². The van der Waals surface area contributed by atoms with Crippen molar-refractivity contribution in [2.75, 3.05) is 5.75 Å². The van der Waals surface area contributed by atoms with E-state index >= 15 is 0 Å². The van der Waals surface area contributed by atoms with Crippen LogP contribution in [0.2, 0.25) is 0 Å². The van der Waals surface area contributed by atoms with Crippen LogP contribution in [0.4, 0.5) is 0 Å². The van der Waals surface area contributed by atoms with Crippen molar-refractivity contribution >= 4 is 38.7 Å². The third-order valence-corrected chi connectivity index (χ3v) is 11.5. The minimum absolute atomic E-state index is 0.0589. The van der Waals surface area contributed by atoms with Crippen LogP contribution < -0.4 is 4.72 Å². The van der Waals surface area contributed by atoms with Crippen molar-refractivity contribution in [2.24, 2.45) is 0 Å². The number of aromatic carboxylic acids is 1. The Bertz CT molecular complexity index is 2270. The number of hydrogen-bond acceptors (Lipinski definition) is 9. The second-order valence-corrected chi connectivity index (χ2v) is 15.0. The molecule has 10 nitrogen and oxygen atoms in total. The molecule has 0 bridgehead atoms. The Labute approximate surface area is 305 Å². The standard InChI is InChI=1S/C40H35N3O7S2/c44-24-27-15-17-30(18-16-27)37-35(28-7-2-1-3-8-28)33(25-51-38-32(39(45)46)11-6-22-42-38)49-40(50-37)31-19-13-26(14-20-31)23-43-52(47,48)34-12-4-9-29-10-5-21-41-36(29)34/h1-22,33,35,37,40,43-44H,23-25H2,(H,45,46). The second kappa shape index (κ2) is 15.7. The molecular formula is C40H35N3O7S2. The van der Waals surface area contributed by atoms with Crippen LogP contribution in [0.3, 0.4) is 0 Å². The van der Waals surface area contributed by atoms with Crippen molar-refractivity contribution in [2.45, 2.75) is 47.5 Å². The first kappa shape index (κ1) is 35.5. The topological polar surface area (TPSA) is 148 Å². The summed E-state index contributed by atoms with van der Waals surface area (Å²) in [4.78, 5) is 20.7. The maximum atomic E-state index is 13.3. The first-order valence-electron chi connectivity index (χ1n) is 16.6. The average molecular weight is 734 g/mol. The van der Waals surface area contributed by atoms with Crippen LogP contribution in [-0.2, 0) is 32.6 Å². The lowest BCUT2D eigenvalue weighted by Gasteiger charge is -2.43. The van der Waals surface area contributed by atoms with Gasteiger partial charge < -0.3 is 19.7 Å². The Balaban J connectivity index is 1.17. The molecule has 4 aromatic carbocycles. The molecule has 3 N–H and O–H groups in total. The Kier molecular flexibility index (Phi) is 10.7. The van der Waals surface area contributed by atoms with Crippen LogP contribution >= 0.6 is 11.8 Å². The van der Waals surface area contributed by atoms with E-state index in [1.807, 2.05) is 91.0 Å². The van der Waals surface area contributed by atoms with E-state index in [-0.39, 0.29) is 29.5 Å². The number of pyridine rings is 2. The van der Waals surface area contributed by atoms with Gasteiger partial charge >= 0.3 is 5.97 Å². The molecule has 52 heavy (non-hydrogen) atoms. The Morgan fingerprint density at radius 1 is 0.750 bits per heavy atom. The first-order valence-corrected chi connectivity index (χ1v) is 19.1. The van der Waals surface area contributed by atoms with E-state index in [0.29, 0.717) is 16.3 Å². The van der Waals surface area contributed by atoms with Gasteiger partial charge in [0, 0.05) is 41.6 Å². The molecule has 0 amide bonds. The predicted octanol–water partition coefficient (Wildman–Crippen LogP) is 7.03. The summed E-state index contributed by atoms with van der Waals surface area (Å²) in [5.41, 5.74) is 4.65. The number of aliphatic hydroxyl groups excluding tert-OH is 1. The highest BCUT2D eigenvalue weighted by atomic mass is 32.2. The minimum atomic E-state index is -3.86. The average Bonchev–Trinajstić information content (AvgIpc) is 3.19. The van der Waals surface area contributed by atoms with Gasteiger partial charge in [-0.3, -0.25) is 4.98 Å². The van der Waals surface area contributed by atoms with Gasteiger partial charge in [-0.2, -0.15) is 0 Å². The van der Waals surface area contributed by atoms with Gasteiger partial charge in [0.2, 0.25) is 10.0 Å². The number of carboxylic acid groups (broad SMARTS) is 1. The summed E-state index contributed by atoms with van der Waals surface area (Å²) in [6.07, 6.45) is 1.43. The molecule has 1 saturated heterocycles. The highest BCUT2D eigenvalue weighted by Gasteiger charge is 2.42. The molecule has 1 aliphatic rings. The first-order chi connectivity index (χ1) is 25.3. The normalized spacial score (nSPS) is 19.0. The number of carbonyl (C=O) groups is 1. The summed E-state index contributed by atoms with van der Waals surface area (Å²) in [5, 5.41) is 20.6. The SMILES string of the molecule is O=C(O)c1cccnc1SCC1OC(c2ccc(CNS(=O)(=O)c3cccc4cccnc34)cc2)OC(c2ccc(CO)cc2)C1c1ccccc1. The fourth-order valence-electron chi connectivity index (χ4n) is 6.32. The largest absolute Gasteiger partial charge is 0.478 e. The lowest BCUT2D eigenvalue weighted by Crippen LogP contribution is -2.38. The van der Waals surface area contributed by atoms with Crippen molar-refractivity contribution in [1.82, 2.24) is 14.7 Å². The number of sulfonamides is 1. The van der Waals surface area contributed by atoms with E-state index in [2.05, 4.69) is 14.7 Å². The molecule has 1 aliphatic heterocycles. The zero-order valence-electron chi connectivity index (χ0n) is 27.8. The highest BCUT2D eigenvalue weighted by molar-refractivity contribution is 7.99. The molecule has 0 saturated carbocycles. The fraction of sp³-hybridized carbons (Fsp3) is 0.175. The van der Waals surface area contributed by atoms with Gasteiger partial charge in [0.15, 0.2) is 6.29 Å². The lowest BCUT2D eigenvalue weighted by molar-refractivity contribution is -0.255. The van der Waals surface area contributed by atoms with Crippen molar-refractivity contribution < 1.29 is 32.9 Å². The van der Waals surface area contributed by atoms with Gasteiger partial charge in [0.05, 0.1) is 29.9 Å². The third kappa shape index (κ3) is 7.77. The summed E-state index contributed by atoms with van der Waals surface area (Å²) in [7, 11) is -3.86. The lowest BCUT2D eigenvalue weighted by atomic mass is 9.84. The van der Waals surface area contributed by atoms with E-state index in [1.54, 1.807) is 36.7 Å². The monoisotopic (exact) mass is 733 g/mol. The highest BCUT2D eigenvalue weighted by Crippen LogP contribution is 2.48. The number of hydrogen-bond donors (Lipinski definition) is 3. The molecule has 264 valence electrons. The van der Waals surface area contributed by atoms with Crippen LogP contribution in [0.25, 0.3) is 10.9 Å². The van der Waals surface area contributed by atoms with Crippen molar-refractivity contribution in [3.63, 3.8) is 0 Å². The number of rotatable bonds is 12.